The summed E-state index contributed by atoms with van der Waals surface area (Å²) in [7, 11) is 0. The summed E-state index contributed by atoms with van der Waals surface area (Å²) in [6, 6.07) is 6.32. The van der Waals surface area contributed by atoms with Crippen molar-refractivity contribution >= 4 is 0 Å². The molecule has 1 aromatic heterocycles. The van der Waals surface area contributed by atoms with Crippen LogP contribution in [0.4, 0.5) is 0 Å². The van der Waals surface area contributed by atoms with Gasteiger partial charge in [0.25, 0.3) is 0 Å². The summed E-state index contributed by atoms with van der Waals surface area (Å²) in [6.07, 6.45) is 2.14. The molecule has 0 radical (unpaired) electrons. The van der Waals surface area contributed by atoms with Gasteiger partial charge in [-0.1, -0.05) is 22.9 Å². The van der Waals surface area contributed by atoms with Crippen molar-refractivity contribution in [2.24, 2.45) is 5.73 Å². The lowest BCUT2D eigenvalue weighted by Gasteiger charge is -2.15. The second kappa shape index (κ2) is 5.34. The highest BCUT2D eigenvalue weighted by Crippen LogP contribution is 2.32. The summed E-state index contributed by atoms with van der Waals surface area (Å²) in [4.78, 5) is 0. The van der Waals surface area contributed by atoms with Gasteiger partial charge in [-0.15, -0.1) is 5.10 Å². The van der Waals surface area contributed by atoms with Crippen LogP contribution >= 0.6 is 0 Å². The van der Waals surface area contributed by atoms with Crippen LogP contribution in [0.5, 0.6) is 0 Å². The summed E-state index contributed by atoms with van der Waals surface area (Å²) in [5, 5.41) is 8.53. The first kappa shape index (κ1) is 13.3. The van der Waals surface area contributed by atoms with Crippen LogP contribution in [-0.2, 0) is 11.3 Å². The van der Waals surface area contributed by atoms with E-state index in [-0.39, 0.29) is 6.10 Å². The Hall–Kier alpha value is -1.72. The average molecular weight is 272 g/mol. The number of nitrogens with two attached hydrogens (primary N) is 1. The number of benzene rings is 1. The number of nitrogens with zero attached hydrogens (tertiary/aromatic N) is 3. The minimum atomic E-state index is 0.0595. The van der Waals surface area contributed by atoms with E-state index in [0.29, 0.717) is 6.54 Å². The molecule has 1 fully saturated rings. The maximum atomic E-state index is 5.81. The number of rotatable bonds is 3. The van der Waals surface area contributed by atoms with Crippen LogP contribution in [0.3, 0.4) is 0 Å². The summed E-state index contributed by atoms with van der Waals surface area (Å²) < 4.78 is 7.70. The summed E-state index contributed by atoms with van der Waals surface area (Å²) in [5.41, 5.74) is 11.1. The van der Waals surface area contributed by atoms with Crippen molar-refractivity contribution < 1.29 is 4.74 Å². The van der Waals surface area contributed by atoms with Gasteiger partial charge in [-0.3, -0.25) is 0 Å². The highest BCUT2D eigenvalue weighted by molar-refractivity contribution is 5.43. The van der Waals surface area contributed by atoms with Crippen LogP contribution < -0.4 is 5.73 Å². The second-order valence-electron chi connectivity index (χ2n) is 5.33. The molecule has 1 unspecified atom stereocenters. The van der Waals surface area contributed by atoms with Gasteiger partial charge in [0.05, 0.1) is 11.4 Å². The number of hydrogen-bond donors (Lipinski definition) is 1. The lowest BCUT2D eigenvalue weighted by molar-refractivity contribution is 0.106. The molecule has 1 aromatic carbocycles. The minimum absolute atomic E-state index is 0.0595. The van der Waals surface area contributed by atoms with E-state index in [2.05, 4.69) is 42.4 Å². The van der Waals surface area contributed by atoms with Crippen LogP contribution in [0.2, 0.25) is 0 Å². The summed E-state index contributed by atoms with van der Waals surface area (Å²) >= 11 is 0. The molecule has 3 rings (SSSR count). The third kappa shape index (κ3) is 2.23. The molecule has 5 nitrogen and oxygen atoms in total. The monoisotopic (exact) mass is 272 g/mol. The number of aryl methyl sites for hydroxylation is 2. The first-order valence-corrected chi connectivity index (χ1v) is 7.04. The van der Waals surface area contributed by atoms with Gasteiger partial charge in [0.15, 0.2) is 0 Å². The summed E-state index contributed by atoms with van der Waals surface area (Å²) in [6.45, 7) is 5.36. The molecule has 1 aliphatic heterocycles. The number of hydrogen-bond acceptors (Lipinski definition) is 4. The molecule has 2 aromatic rings. The van der Waals surface area contributed by atoms with Gasteiger partial charge in [-0.05, 0) is 38.3 Å². The minimum Gasteiger partial charge on any atom is -0.372 e. The van der Waals surface area contributed by atoms with Gasteiger partial charge in [0, 0.05) is 13.2 Å². The van der Waals surface area contributed by atoms with E-state index < -0.39 is 0 Å². The molecule has 20 heavy (non-hydrogen) atoms. The zero-order chi connectivity index (χ0) is 14.1. The van der Waals surface area contributed by atoms with E-state index in [1.165, 1.54) is 11.1 Å². The fourth-order valence-corrected chi connectivity index (χ4v) is 2.80. The Kier molecular flexibility index (Phi) is 3.54. The van der Waals surface area contributed by atoms with E-state index in [1.807, 2.05) is 4.68 Å². The molecule has 1 aliphatic rings. The molecule has 1 atom stereocenters. The third-order valence-corrected chi connectivity index (χ3v) is 3.79. The fraction of sp³-hybridized carbons (Fsp3) is 0.467. The summed E-state index contributed by atoms with van der Waals surface area (Å²) in [5.74, 6) is 0. The molecule has 2 N–H and O–H groups in total. The van der Waals surface area contributed by atoms with Crippen molar-refractivity contribution in [3.05, 3.63) is 40.7 Å². The van der Waals surface area contributed by atoms with E-state index in [0.717, 1.165) is 36.5 Å². The Morgan fingerprint density at radius 3 is 2.90 bits per heavy atom. The molecule has 5 heteroatoms. The zero-order valence-corrected chi connectivity index (χ0v) is 12.0. The Bertz CT molecular complexity index is 614. The van der Waals surface area contributed by atoms with E-state index >= 15 is 0 Å². The highest BCUT2D eigenvalue weighted by Gasteiger charge is 2.27. The molecular formula is C15H20N4O. The molecule has 0 amide bonds. The maximum absolute atomic E-state index is 5.81. The Balaban J connectivity index is 2.11. The van der Waals surface area contributed by atoms with Gasteiger partial charge < -0.3 is 10.5 Å². The third-order valence-electron chi connectivity index (χ3n) is 3.79. The normalized spacial score (nSPS) is 18.6. The molecule has 1 saturated heterocycles. The Morgan fingerprint density at radius 2 is 2.25 bits per heavy atom. The van der Waals surface area contributed by atoms with Gasteiger partial charge >= 0.3 is 0 Å². The topological polar surface area (TPSA) is 66.0 Å². The van der Waals surface area contributed by atoms with Crippen molar-refractivity contribution in [2.75, 3.05) is 6.61 Å². The average Bonchev–Trinajstić information content (AvgIpc) is 3.06. The molecule has 0 bridgehead atoms. The number of aromatic nitrogens is 3. The molecule has 0 spiro atoms. The van der Waals surface area contributed by atoms with E-state index in [1.54, 1.807) is 0 Å². The Morgan fingerprint density at radius 1 is 1.40 bits per heavy atom. The van der Waals surface area contributed by atoms with Crippen LogP contribution in [0.25, 0.3) is 5.69 Å². The predicted molar refractivity (Wildman–Crippen MR) is 76.7 cm³/mol. The lowest BCUT2D eigenvalue weighted by atomic mass is 10.1. The van der Waals surface area contributed by atoms with Gasteiger partial charge in [0.2, 0.25) is 0 Å². The van der Waals surface area contributed by atoms with Gasteiger partial charge in [-0.2, -0.15) is 0 Å². The molecular weight excluding hydrogens is 252 g/mol. The molecule has 2 heterocycles. The van der Waals surface area contributed by atoms with Crippen LogP contribution in [0.15, 0.2) is 18.2 Å². The van der Waals surface area contributed by atoms with Crippen LogP contribution in [0, 0.1) is 13.8 Å². The Labute approximate surface area is 118 Å². The first-order chi connectivity index (χ1) is 9.70. The largest absolute Gasteiger partial charge is 0.372 e. The molecule has 0 saturated carbocycles. The van der Waals surface area contributed by atoms with Crippen molar-refractivity contribution in [3.8, 4) is 5.69 Å². The van der Waals surface area contributed by atoms with Crippen molar-refractivity contribution in [3.63, 3.8) is 0 Å². The van der Waals surface area contributed by atoms with Crippen molar-refractivity contribution in [1.29, 1.82) is 0 Å². The van der Waals surface area contributed by atoms with Gasteiger partial charge in [0.1, 0.15) is 11.8 Å². The maximum Gasteiger partial charge on any atom is 0.103 e. The first-order valence-electron chi connectivity index (χ1n) is 7.04. The zero-order valence-electron chi connectivity index (χ0n) is 12.0. The SMILES string of the molecule is Cc1ccc(-n2nnc(CN)c2C2CCCO2)c(C)c1. The fourth-order valence-electron chi connectivity index (χ4n) is 2.80. The second-order valence-corrected chi connectivity index (χ2v) is 5.33. The van der Waals surface area contributed by atoms with Crippen LogP contribution in [-0.4, -0.2) is 21.6 Å². The standard InChI is InChI=1S/C15H20N4O/c1-10-5-6-13(11(2)8-10)19-15(12(9-16)17-18-19)14-4-3-7-20-14/h5-6,8,14H,3-4,7,9,16H2,1-2H3. The smallest absolute Gasteiger partial charge is 0.103 e. The molecule has 106 valence electrons. The van der Waals surface area contributed by atoms with Gasteiger partial charge in [-0.25, -0.2) is 4.68 Å². The van der Waals surface area contributed by atoms with E-state index in [9.17, 15) is 0 Å². The highest BCUT2D eigenvalue weighted by atomic mass is 16.5. The lowest BCUT2D eigenvalue weighted by Crippen LogP contribution is -2.11. The predicted octanol–water partition coefficient (Wildman–Crippen LogP) is 2.19. The van der Waals surface area contributed by atoms with Crippen molar-refractivity contribution in [2.45, 2.75) is 39.3 Å². The molecule has 0 aliphatic carbocycles. The van der Waals surface area contributed by atoms with Crippen molar-refractivity contribution in [1.82, 2.24) is 15.0 Å². The number of ether oxygens (including phenoxy) is 1. The van der Waals surface area contributed by atoms with E-state index in [4.69, 9.17) is 10.5 Å². The van der Waals surface area contributed by atoms with Crippen LogP contribution in [0.1, 0.15) is 41.5 Å². The quantitative estimate of drug-likeness (QED) is 0.930.